The van der Waals surface area contributed by atoms with Crippen molar-refractivity contribution in [2.45, 2.75) is 12.8 Å². The van der Waals surface area contributed by atoms with Crippen molar-refractivity contribution in [3.8, 4) is 0 Å². The molecule has 1 aromatic carbocycles. The summed E-state index contributed by atoms with van der Waals surface area (Å²) in [5.74, 6) is -0.955. The highest BCUT2D eigenvalue weighted by molar-refractivity contribution is 5.89. The number of methoxy groups -OCH3 is 1. The van der Waals surface area contributed by atoms with Gasteiger partial charge in [0.1, 0.15) is 0 Å². The van der Waals surface area contributed by atoms with Crippen molar-refractivity contribution in [2.75, 3.05) is 26.7 Å². The van der Waals surface area contributed by atoms with Crippen LogP contribution in [0.1, 0.15) is 12.0 Å². The van der Waals surface area contributed by atoms with E-state index in [2.05, 4.69) is 10.1 Å². The third-order valence-electron chi connectivity index (χ3n) is 3.95. The average Bonchev–Trinajstić information content (AvgIpc) is 2.98. The molecule has 0 radical (unpaired) electrons. The lowest BCUT2D eigenvalue weighted by Gasteiger charge is -2.16. The van der Waals surface area contributed by atoms with Gasteiger partial charge in [-0.25, -0.2) is 4.79 Å². The Kier molecular flexibility index (Phi) is 6.54. The number of amides is 2. The Morgan fingerprint density at radius 2 is 2.08 bits per heavy atom. The fourth-order valence-corrected chi connectivity index (χ4v) is 2.60. The molecule has 1 fully saturated rings. The number of rotatable bonds is 7. The minimum atomic E-state index is -0.465. The Labute approximate surface area is 141 Å². The van der Waals surface area contributed by atoms with Crippen LogP contribution in [0.5, 0.6) is 0 Å². The Hall–Kier alpha value is -2.63. The Bertz CT molecular complexity index is 613. The summed E-state index contributed by atoms with van der Waals surface area (Å²) < 4.78 is 4.46. The standard InChI is InChI=1S/C18H22N2O4/c1-24-17(22)8-5-10-19-18(23)15-12-16(21)20(13-15)11-9-14-6-3-2-4-7-14/h2-8,15H,9-13H2,1H3,(H,19,23)/b8-5+. The normalized spacial score (nSPS) is 17.3. The topological polar surface area (TPSA) is 75.7 Å². The van der Waals surface area contributed by atoms with E-state index >= 15 is 0 Å². The van der Waals surface area contributed by atoms with E-state index in [-0.39, 0.29) is 30.7 Å². The second kappa shape index (κ2) is 8.86. The van der Waals surface area contributed by atoms with E-state index in [1.54, 1.807) is 4.90 Å². The molecule has 1 aromatic rings. The molecule has 6 heteroatoms. The van der Waals surface area contributed by atoms with Crippen molar-refractivity contribution in [3.05, 3.63) is 48.0 Å². The summed E-state index contributed by atoms with van der Waals surface area (Å²) >= 11 is 0. The third kappa shape index (κ3) is 5.22. The van der Waals surface area contributed by atoms with Gasteiger partial charge in [0.25, 0.3) is 0 Å². The molecule has 6 nitrogen and oxygen atoms in total. The summed E-state index contributed by atoms with van der Waals surface area (Å²) in [7, 11) is 1.29. The molecule has 2 amide bonds. The lowest BCUT2D eigenvalue weighted by molar-refractivity contribution is -0.135. The molecule has 1 heterocycles. The molecule has 1 unspecified atom stereocenters. The number of carbonyl (C=O) groups excluding carboxylic acids is 3. The highest BCUT2D eigenvalue weighted by Gasteiger charge is 2.33. The van der Waals surface area contributed by atoms with Crippen LogP contribution in [0.3, 0.4) is 0 Å². The van der Waals surface area contributed by atoms with E-state index in [1.807, 2.05) is 30.3 Å². The summed E-state index contributed by atoms with van der Waals surface area (Å²) in [6, 6.07) is 9.95. The zero-order valence-corrected chi connectivity index (χ0v) is 13.7. The number of likely N-dealkylation sites (tertiary alicyclic amines) is 1. The number of carbonyl (C=O) groups is 3. The van der Waals surface area contributed by atoms with Gasteiger partial charge in [-0.2, -0.15) is 0 Å². The van der Waals surface area contributed by atoms with Crippen LogP contribution in [0.25, 0.3) is 0 Å². The minimum absolute atomic E-state index is 0.0104. The summed E-state index contributed by atoms with van der Waals surface area (Å²) in [4.78, 5) is 36.8. The Balaban J connectivity index is 1.75. The van der Waals surface area contributed by atoms with Crippen molar-refractivity contribution in [2.24, 2.45) is 5.92 Å². The molecule has 1 N–H and O–H groups in total. The molecular formula is C18H22N2O4. The predicted molar refractivity (Wildman–Crippen MR) is 89.0 cm³/mol. The second-order valence-electron chi connectivity index (χ2n) is 5.65. The van der Waals surface area contributed by atoms with Gasteiger partial charge in [0.05, 0.1) is 13.0 Å². The van der Waals surface area contributed by atoms with Gasteiger partial charge in [-0.15, -0.1) is 0 Å². The number of hydrogen-bond acceptors (Lipinski definition) is 4. The first-order chi connectivity index (χ1) is 11.6. The second-order valence-corrected chi connectivity index (χ2v) is 5.65. The Morgan fingerprint density at radius 1 is 1.33 bits per heavy atom. The SMILES string of the molecule is COC(=O)/C=C/CNC(=O)C1CC(=O)N(CCc2ccccc2)C1. The number of benzene rings is 1. The zero-order valence-electron chi connectivity index (χ0n) is 13.7. The van der Waals surface area contributed by atoms with Crippen molar-refractivity contribution in [3.63, 3.8) is 0 Å². The maximum absolute atomic E-state index is 12.1. The number of hydrogen-bond donors (Lipinski definition) is 1. The van der Waals surface area contributed by atoms with Gasteiger partial charge in [-0.3, -0.25) is 9.59 Å². The first kappa shape index (κ1) is 17.7. The summed E-state index contributed by atoms with van der Waals surface area (Å²) in [5, 5.41) is 2.71. The maximum atomic E-state index is 12.1. The molecule has 0 aliphatic carbocycles. The van der Waals surface area contributed by atoms with Crippen LogP contribution in [0.4, 0.5) is 0 Å². The number of ether oxygens (including phenoxy) is 1. The number of nitrogens with zero attached hydrogens (tertiary/aromatic N) is 1. The molecular weight excluding hydrogens is 308 g/mol. The summed E-state index contributed by atoms with van der Waals surface area (Å²) in [5.41, 5.74) is 1.17. The van der Waals surface area contributed by atoms with E-state index < -0.39 is 5.97 Å². The lowest BCUT2D eigenvalue weighted by Crippen LogP contribution is -2.33. The van der Waals surface area contributed by atoms with Crippen molar-refractivity contribution < 1.29 is 19.1 Å². The van der Waals surface area contributed by atoms with Crippen LogP contribution in [0.15, 0.2) is 42.5 Å². The van der Waals surface area contributed by atoms with Gasteiger partial charge in [0, 0.05) is 32.1 Å². The first-order valence-electron chi connectivity index (χ1n) is 7.94. The molecule has 1 atom stereocenters. The van der Waals surface area contributed by atoms with Crippen LogP contribution in [-0.2, 0) is 25.5 Å². The fourth-order valence-electron chi connectivity index (χ4n) is 2.60. The molecule has 0 saturated carbocycles. The van der Waals surface area contributed by atoms with E-state index in [0.717, 1.165) is 6.42 Å². The highest BCUT2D eigenvalue weighted by Crippen LogP contribution is 2.18. The van der Waals surface area contributed by atoms with Crippen LogP contribution < -0.4 is 5.32 Å². The molecule has 0 bridgehead atoms. The van der Waals surface area contributed by atoms with Gasteiger partial charge in [0.2, 0.25) is 11.8 Å². The van der Waals surface area contributed by atoms with E-state index in [4.69, 9.17) is 0 Å². The van der Waals surface area contributed by atoms with Gasteiger partial charge >= 0.3 is 5.97 Å². The van der Waals surface area contributed by atoms with Crippen LogP contribution in [-0.4, -0.2) is 49.4 Å². The molecule has 1 aliphatic heterocycles. The monoisotopic (exact) mass is 330 g/mol. The van der Waals surface area contributed by atoms with E-state index in [1.165, 1.54) is 24.8 Å². The smallest absolute Gasteiger partial charge is 0.330 e. The quantitative estimate of drug-likeness (QED) is 0.596. The molecule has 128 valence electrons. The van der Waals surface area contributed by atoms with Gasteiger partial charge in [-0.1, -0.05) is 36.4 Å². The third-order valence-corrected chi connectivity index (χ3v) is 3.95. The van der Waals surface area contributed by atoms with E-state index in [0.29, 0.717) is 13.1 Å². The largest absolute Gasteiger partial charge is 0.466 e. The maximum Gasteiger partial charge on any atom is 0.330 e. The van der Waals surface area contributed by atoms with Gasteiger partial charge in [-0.05, 0) is 12.0 Å². The average molecular weight is 330 g/mol. The minimum Gasteiger partial charge on any atom is -0.466 e. The number of esters is 1. The van der Waals surface area contributed by atoms with Crippen molar-refractivity contribution >= 4 is 17.8 Å². The summed E-state index contributed by atoms with van der Waals surface area (Å²) in [6.07, 6.45) is 3.80. The molecule has 1 aliphatic rings. The van der Waals surface area contributed by atoms with Crippen molar-refractivity contribution in [1.29, 1.82) is 0 Å². The molecule has 0 aromatic heterocycles. The van der Waals surface area contributed by atoms with Crippen LogP contribution in [0.2, 0.25) is 0 Å². The summed E-state index contributed by atoms with van der Waals surface area (Å²) in [6.45, 7) is 1.30. The van der Waals surface area contributed by atoms with Crippen molar-refractivity contribution in [1.82, 2.24) is 10.2 Å². The highest BCUT2D eigenvalue weighted by atomic mass is 16.5. The molecule has 24 heavy (non-hydrogen) atoms. The van der Waals surface area contributed by atoms with Crippen LogP contribution >= 0.6 is 0 Å². The van der Waals surface area contributed by atoms with Gasteiger partial charge < -0.3 is 15.0 Å². The fraction of sp³-hybridized carbons (Fsp3) is 0.389. The van der Waals surface area contributed by atoms with Crippen LogP contribution in [0, 0.1) is 5.92 Å². The van der Waals surface area contributed by atoms with E-state index in [9.17, 15) is 14.4 Å². The molecule has 0 spiro atoms. The van der Waals surface area contributed by atoms with Gasteiger partial charge in [0.15, 0.2) is 0 Å². The zero-order chi connectivity index (χ0) is 17.4. The predicted octanol–water partition coefficient (Wildman–Crippen LogP) is 0.923. The molecule has 2 rings (SSSR count). The molecule has 1 saturated heterocycles. The number of nitrogens with one attached hydrogen (secondary N) is 1. The first-order valence-corrected chi connectivity index (χ1v) is 7.94. The Morgan fingerprint density at radius 3 is 2.79 bits per heavy atom. The lowest BCUT2D eigenvalue weighted by atomic mass is 10.1.